The highest BCUT2D eigenvalue weighted by Gasteiger charge is 2.30. The zero-order valence-corrected chi connectivity index (χ0v) is 11.7. The molecule has 1 aliphatic rings. The van der Waals surface area contributed by atoms with E-state index in [4.69, 9.17) is 4.42 Å². The van der Waals surface area contributed by atoms with Gasteiger partial charge in [-0.3, -0.25) is 4.79 Å². The molecule has 1 amide bonds. The summed E-state index contributed by atoms with van der Waals surface area (Å²) in [5, 5.41) is 1.01. The van der Waals surface area contributed by atoms with E-state index < -0.39 is 0 Å². The lowest BCUT2D eigenvalue weighted by molar-refractivity contribution is 0.0697. The van der Waals surface area contributed by atoms with E-state index in [2.05, 4.69) is 15.9 Å². The number of nitrogens with zero attached hydrogens (tertiary/aromatic N) is 1. The van der Waals surface area contributed by atoms with Crippen LogP contribution in [0.15, 0.2) is 16.7 Å². The van der Waals surface area contributed by atoms with E-state index in [1.807, 2.05) is 17.9 Å². The summed E-state index contributed by atoms with van der Waals surface area (Å²) in [6.07, 6.45) is 6.02. The Morgan fingerprint density at radius 2 is 2.47 bits per heavy atom. The van der Waals surface area contributed by atoms with Crippen molar-refractivity contribution in [1.82, 2.24) is 4.90 Å². The number of hydrogen-bond donors (Lipinski definition) is 0. The summed E-state index contributed by atoms with van der Waals surface area (Å²) in [5.74, 6) is 0.570. The lowest BCUT2D eigenvalue weighted by Gasteiger charge is -2.23. The van der Waals surface area contributed by atoms with Crippen LogP contribution in [0, 0.1) is 6.92 Å². The molecule has 1 saturated heterocycles. The summed E-state index contributed by atoms with van der Waals surface area (Å²) in [7, 11) is 0. The zero-order chi connectivity index (χ0) is 12.3. The third kappa shape index (κ3) is 2.73. The fraction of sp³-hybridized carbons (Fsp3) is 0.615. The second-order valence-electron chi connectivity index (χ2n) is 4.56. The van der Waals surface area contributed by atoms with Gasteiger partial charge in [-0.15, -0.1) is 0 Å². The molecule has 0 aromatic carbocycles. The average molecular weight is 300 g/mol. The van der Waals surface area contributed by atoms with E-state index >= 15 is 0 Å². The molecule has 0 aliphatic carbocycles. The maximum absolute atomic E-state index is 12.3. The van der Waals surface area contributed by atoms with Crippen molar-refractivity contribution in [1.29, 1.82) is 0 Å². The van der Waals surface area contributed by atoms with E-state index in [1.165, 1.54) is 0 Å². The summed E-state index contributed by atoms with van der Waals surface area (Å²) >= 11 is 3.44. The van der Waals surface area contributed by atoms with Crippen LogP contribution in [0.1, 0.15) is 41.8 Å². The van der Waals surface area contributed by atoms with Gasteiger partial charge in [-0.25, -0.2) is 0 Å². The van der Waals surface area contributed by atoms with Crippen LogP contribution < -0.4 is 0 Å². The third-order valence-corrected chi connectivity index (χ3v) is 3.93. The SMILES string of the molecule is Cc1ccoc1C(=O)N1CCCC1CCCBr. The van der Waals surface area contributed by atoms with E-state index in [9.17, 15) is 4.79 Å². The first-order valence-electron chi connectivity index (χ1n) is 6.15. The van der Waals surface area contributed by atoms with Gasteiger partial charge in [-0.05, 0) is 38.7 Å². The van der Waals surface area contributed by atoms with Gasteiger partial charge in [0.05, 0.1) is 6.26 Å². The topological polar surface area (TPSA) is 33.5 Å². The zero-order valence-electron chi connectivity index (χ0n) is 10.1. The van der Waals surface area contributed by atoms with Gasteiger partial charge in [0.25, 0.3) is 5.91 Å². The van der Waals surface area contributed by atoms with Gasteiger partial charge in [0.15, 0.2) is 5.76 Å². The second-order valence-corrected chi connectivity index (χ2v) is 5.35. The molecule has 1 unspecified atom stereocenters. The normalized spacial score (nSPS) is 19.9. The molecule has 2 heterocycles. The Labute approximate surface area is 110 Å². The number of aryl methyl sites for hydroxylation is 1. The van der Waals surface area contributed by atoms with E-state index in [1.54, 1.807) is 6.26 Å². The average Bonchev–Trinajstić information content (AvgIpc) is 2.94. The Balaban J connectivity index is 2.06. The fourth-order valence-electron chi connectivity index (χ4n) is 2.44. The molecule has 2 rings (SSSR count). The van der Waals surface area contributed by atoms with Crippen molar-refractivity contribution in [2.45, 2.75) is 38.6 Å². The van der Waals surface area contributed by atoms with Crippen molar-refractivity contribution in [3.05, 3.63) is 23.7 Å². The van der Waals surface area contributed by atoms with Gasteiger partial charge < -0.3 is 9.32 Å². The van der Waals surface area contributed by atoms with Gasteiger partial charge in [0, 0.05) is 23.5 Å². The van der Waals surface area contributed by atoms with Gasteiger partial charge in [0.1, 0.15) is 0 Å². The van der Waals surface area contributed by atoms with Crippen LogP contribution in [0.3, 0.4) is 0 Å². The predicted octanol–water partition coefficient (Wildman–Crippen LogP) is 3.37. The molecule has 0 saturated carbocycles. The molecule has 17 heavy (non-hydrogen) atoms. The molecule has 3 nitrogen and oxygen atoms in total. The van der Waals surface area contributed by atoms with Crippen LogP contribution in [0.5, 0.6) is 0 Å². The van der Waals surface area contributed by atoms with E-state index in [0.29, 0.717) is 11.8 Å². The molecule has 1 aromatic rings. The first kappa shape index (κ1) is 12.7. The van der Waals surface area contributed by atoms with Crippen molar-refractivity contribution in [2.75, 3.05) is 11.9 Å². The number of likely N-dealkylation sites (tertiary alicyclic amines) is 1. The Bertz CT molecular complexity index is 389. The number of rotatable bonds is 4. The van der Waals surface area contributed by atoms with Crippen LogP contribution in [0.25, 0.3) is 0 Å². The number of alkyl halides is 1. The minimum atomic E-state index is 0.0598. The van der Waals surface area contributed by atoms with Crippen LogP contribution >= 0.6 is 15.9 Å². The number of hydrogen-bond acceptors (Lipinski definition) is 2. The number of furan rings is 1. The number of amides is 1. The maximum Gasteiger partial charge on any atom is 0.290 e. The van der Waals surface area contributed by atoms with E-state index in [-0.39, 0.29) is 5.91 Å². The Morgan fingerprint density at radius 3 is 3.12 bits per heavy atom. The monoisotopic (exact) mass is 299 g/mol. The Morgan fingerprint density at radius 1 is 1.65 bits per heavy atom. The lowest BCUT2D eigenvalue weighted by atomic mass is 10.1. The molecule has 94 valence electrons. The molecule has 1 atom stereocenters. The van der Waals surface area contributed by atoms with Crippen LogP contribution in [-0.4, -0.2) is 28.7 Å². The summed E-state index contributed by atoms with van der Waals surface area (Å²) in [6, 6.07) is 2.24. The third-order valence-electron chi connectivity index (χ3n) is 3.37. The first-order valence-corrected chi connectivity index (χ1v) is 7.27. The Hall–Kier alpha value is -0.770. The molecule has 0 spiro atoms. The maximum atomic E-state index is 12.3. The molecule has 1 aliphatic heterocycles. The van der Waals surface area contributed by atoms with Gasteiger partial charge >= 0.3 is 0 Å². The molecule has 1 aromatic heterocycles. The fourth-order valence-corrected chi connectivity index (χ4v) is 2.76. The summed E-state index contributed by atoms with van der Waals surface area (Å²) in [4.78, 5) is 14.3. The van der Waals surface area contributed by atoms with Crippen LogP contribution in [0.2, 0.25) is 0 Å². The number of halogens is 1. The summed E-state index contributed by atoms with van der Waals surface area (Å²) in [6.45, 7) is 2.78. The molecule has 0 radical (unpaired) electrons. The van der Waals surface area contributed by atoms with Crippen molar-refractivity contribution in [3.8, 4) is 0 Å². The predicted molar refractivity (Wildman–Crippen MR) is 70.5 cm³/mol. The van der Waals surface area contributed by atoms with Gasteiger partial charge in [-0.2, -0.15) is 0 Å². The largest absolute Gasteiger partial charge is 0.459 e. The van der Waals surface area contributed by atoms with Crippen molar-refractivity contribution in [3.63, 3.8) is 0 Å². The highest BCUT2D eigenvalue weighted by Crippen LogP contribution is 2.25. The molecular formula is C13H18BrNO2. The van der Waals surface area contributed by atoms with Gasteiger partial charge in [-0.1, -0.05) is 15.9 Å². The molecule has 0 bridgehead atoms. The molecule has 4 heteroatoms. The molecule has 1 fully saturated rings. The summed E-state index contributed by atoms with van der Waals surface area (Å²) in [5.41, 5.74) is 0.932. The molecular weight excluding hydrogens is 282 g/mol. The molecule has 0 N–H and O–H groups in total. The van der Waals surface area contributed by atoms with Crippen molar-refractivity contribution in [2.24, 2.45) is 0 Å². The summed E-state index contributed by atoms with van der Waals surface area (Å²) < 4.78 is 5.29. The van der Waals surface area contributed by atoms with Crippen molar-refractivity contribution >= 4 is 21.8 Å². The smallest absolute Gasteiger partial charge is 0.290 e. The second kappa shape index (κ2) is 5.71. The number of carbonyl (C=O) groups excluding carboxylic acids is 1. The van der Waals surface area contributed by atoms with E-state index in [0.717, 1.165) is 43.1 Å². The van der Waals surface area contributed by atoms with Crippen LogP contribution in [0.4, 0.5) is 0 Å². The highest BCUT2D eigenvalue weighted by atomic mass is 79.9. The van der Waals surface area contributed by atoms with Gasteiger partial charge in [0.2, 0.25) is 0 Å². The lowest BCUT2D eigenvalue weighted by Crippen LogP contribution is -2.35. The minimum absolute atomic E-state index is 0.0598. The highest BCUT2D eigenvalue weighted by molar-refractivity contribution is 9.09. The van der Waals surface area contributed by atoms with Crippen molar-refractivity contribution < 1.29 is 9.21 Å². The van der Waals surface area contributed by atoms with Crippen LogP contribution in [-0.2, 0) is 0 Å². The number of carbonyl (C=O) groups is 1. The minimum Gasteiger partial charge on any atom is -0.459 e. The standard InChI is InChI=1S/C13H18BrNO2/c1-10-6-9-17-12(10)13(16)15-8-3-5-11(15)4-2-7-14/h6,9,11H,2-5,7-8H2,1H3. The Kier molecular flexibility index (Phi) is 4.26. The first-order chi connectivity index (χ1) is 8.24. The quantitative estimate of drug-likeness (QED) is 0.799.